The lowest BCUT2D eigenvalue weighted by molar-refractivity contribution is -0.118. The molecule has 2 aromatic carbocycles. The van der Waals surface area contributed by atoms with Gasteiger partial charge in [-0.3, -0.25) is 9.59 Å². The predicted molar refractivity (Wildman–Crippen MR) is 111 cm³/mol. The molecule has 0 bridgehead atoms. The smallest absolute Gasteiger partial charge is 0.266 e. The summed E-state index contributed by atoms with van der Waals surface area (Å²) < 4.78 is 7.07. The van der Waals surface area contributed by atoms with E-state index in [-0.39, 0.29) is 12.1 Å². The number of anilines is 1. The van der Waals surface area contributed by atoms with Crippen molar-refractivity contribution in [2.24, 2.45) is 5.73 Å². The average Bonchev–Trinajstić information content (AvgIpc) is 3.04. The lowest BCUT2D eigenvalue weighted by Crippen LogP contribution is -2.17. The summed E-state index contributed by atoms with van der Waals surface area (Å²) in [7, 11) is 0. The number of fused-ring (bicyclic) bond motifs is 1. The number of nitrogens with two attached hydrogens (primary N) is 1. The van der Waals surface area contributed by atoms with Gasteiger partial charge in [0.25, 0.3) is 5.91 Å². The maximum absolute atomic E-state index is 12.6. The molecular formula is C22H20N4O3. The molecule has 0 unspecified atom stereocenters. The molecular weight excluding hydrogens is 368 g/mol. The van der Waals surface area contributed by atoms with Gasteiger partial charge in [-0.15, -0.1) is 0 Å². The van der Waals surface area contributed by atoms with Gasteiger partial charge in [-0.25, -0.2) is 0 Å². The molecule has 1 aromatic heterocycles. The number of nitrogens with one attached hydrogen (secondary N) is 1. The number of carbonyl (C=O) groups excluding carboxylic acids is 2. The van der Waals surface area contributed by atoms with Gasteiger partial charge in [-0.05, 0) is 43.3 Å². The number of ether oxygens (including phenoxy) is 1. The van der Waals surface area contributed by atoms with Crippen LogP contribution in [0.15, 0.2) is 60.3 Å². The van der Waals surface area contributed by atoms with Gasteiger partial charge in [-0.2, -0.15) is 5.26 Å². The lowest BCUT2D eigenvalue weighted by Gasteiger charge is -2.06. The summed E-state index contributed by atoms with van der Waals surface area (Å²) >= 11 is 0. The van der Waals surface area contributed by atoms with Gasteiger partial charge in [0, 0.05) is 28.4 Å². The van der Waals surface area contributed by atoms with E-state index >= 15 is 0 Å². The fraction of sp³-hybridized carbons (Fsp3) is 0.136. The first kappa shape index (κ1) is 19.7. The largest absolute Gasteiger partial charge is 0.494 e. The van der Waals surface area contributed by atoms with E-state index in [1.807, 2.05) is 37.3 Å². The number of hydrogen-bond acceptors (Lipinski definition) is 4. The number of primary amides is 1. The molecule has 0 fully saturated rings. The van der Waals surface area contributed by atoms with Crippen molar-refractivity contribution in [3.8, 4) is 11.8 Å². The zero-order valence-corrected chi connectivity index (χ0v) is 15.9. The van der Waals surface area contributed by atoms with Crippen LogP contribution in [0.3, 0.4) is 0 Å². The van der Waals surface area contributed by atoms with Crippen molar-refractivity contribution < 1.29 is 14.3 Å². The van der Waals surface area contributed by atoms with Crippen LogP contribution in [-0.4, -0.2) is 23.0 Å². The Morgan fingerprint density at radius 3 is 2.59 bits per heavy atom. The predicted octanol–water partition coefficient (Wildman–Crippen LogP) is 3.07. The van der Waals surface area contributed by atoms with Crippen LogP contribution in [0.2, 0.25) is 0 Å². The Balaban J connectivity index is 1.88. The summed E-state index contributed by atoms with van der Waals surface area (Å²) in [6, 6.07) is 16.2. The fourth-order valence-electron chi connectivity index (χ4n) is 2.99. The average molecular weight is 388 g/mol. The molecule has 0 spiro atoms. The summed E-state index contributed by atoms with van der Waals surface area (Å²) in [6.45, 7) is 2.45. The molecule has 7 nitrogen and oxygen atoms in total. The number of rotatable bonds is 7. The van der Waals surface area contributed by atoms with Crippen molar-refractivity contribution in [2.75, 3.05) is 11.9 Å². The van der Waals surface area contributed by atoms with Gasteiger partial charge in [-0.1, -0.05) is 18.2 Å². The summed E-state index contributed by atoms with van der Waals surface area (Å²) in [5.74, 6) is -0.303. The summed E-state index contributed by atoms with van der Waals surface area (Å²) in [5, 5.41) is 13.0. The van der Waals surface area contributed by atoms with E-state index in [4.69, 9.17) is 10.5 Å². The van der Waals surface area contributed by atoms with Gasteiger partial charge in [0.2, 0.25) is 5.91 Å². The van der Waals surface area contributed by atoms with Gasteiger partial charge in [0.1, 0.15) is 23.9 Å². The number of amides is 2. The van der Waals surface area contributed by atoms with Gasteiger partial charge in [0.15, 0.2) is 0 Å². The van der Waals surface area contributed by atoms with Crippen LogP contribution in [0.4, 0.5) is 5.69 Å². The molecule has 0 aliphatic rings. The van der Waals surface area contributed by atoms with E-state index in [0.29, 0.717) is 23.6 Å². The molecule has 1 heterocycles. The third-order valence-electron chi connectivity index (χ3n) is 4.23. The molecule has 7 heteroatoms. The first-order valence-corrected chi connectivity index (χ1v) is 9.04. The quantitative estimate of drug-likeness (QED) is 0.479. The summed E-state index contributed by atoms with van der Waals surface area (Å²) in [6.07, 6.45) is 3.21. The fourth-order valence-corrected chi connectivity index (χ4v) is 2.99. The van der Waals surface area contributed by atoms with E-state index in [2.05, 4.69) is 5.32 Å². The maximum atomic E-state index is 12.6. The molecule has 0 aliphatic carbocycles. The number of nitriles is 1. The van der Waals surface area contributed by atoms with Crippen molar-refractivity contribution in [1.82, 2.24) is 4.57 Å². The normalized spacial score (nSPS) is 11.1. The second-order valence-corrected chi connectivity index (χ2v) is 6.28. The van der Waals surface area contributed by atoms with Crippen LogP contribution in [-0.2, 0) is 16.1 Å². The van der Waals surface area contributed by atoms with Crippen molar-refractivity contribution >= 4 is 34.5 Å². The van der Waals surface area contributed by atoms with Crippen LogP contribution in [0.25, 0.3) is 17.0 Å². The standard InChI is InChI=1S/C22H20N4O3/c1-2-29-18-9-7-17(8-10-18)25-22(28)15(12-23)11-16-13-26(14-21(24)27)20-6-4-3-5-19(16)20/h3-11,13H,2,14H2,1H3,(H2,24,27)(H,25,28)/b15-11-. The highest BCUT2D eigenvalue weighted by Crippen LogP contribution is 2.24. The lowest BCUT2D eigenvalue weighted by atomic mass is 10.1. The second-order valence-electron chi connectivity index (χ2n) is 6.28. The highest BCUT2D eigenvalue weighted by molar-refractivity contribution is 6.10. The number of aromatic nitrogens is 1. The minimum Gasteiger partial charge on any atom is -0.494 e. The Morgan fingerprint density at radius 2 is 1.93 bits per heavy atom. The number of nitrogens with zero attached hydrogens (tertiary/aromatic N) is 2. The molecule has 2 amide bonds. The van der Waals surface area contributed by atoms with Crippen molar-refractivity contribution in [1.29, 1.82) is 5.26 Å². The first-order valence-electron chi connectivity index (χ1n) is 9.04. The Morgan fingerprint density at radius 1 is 1.21 bits per heavy atom. The molecule has 0 aliphatic heterocycles. The van der Waals surface area contributed by atoms with Crippen molar-refractivity contribution in [3.05, 3.63) is 65.9 Å². The van der Waals surface area contributed by atoms with Crippen LogP contribution in [0.5, 0.6) is 5.75 Å². The third kappa shape index (κ3) is 4.62. The molecule has 3 N–H and O–H groups in total. The molecule has 146 valence electrons. The maximum Gasteiger partial charge on any atom is 0.266 e. The van der Waals surface area contributed by atoms with Crippen molar-refractivity contribution in [3.63, 3.8) is 0 Å². The molecule has 3 aromatic rings. The van der Waals surface area contributed by atoms with Crippen LogP contribution in [0, 0.1) is 11.3 Å². The number of carbonyl (C=O) groups is 2. The Hall–Kier alpha value is -4.05. The molecule has 29 heavy (non-hydrogen) atoms. The van der Waals surface area contributed by atoms with E-state index < -0.39 is 11.8 Å². The topological polar surface area (TPSA) is 110 Å². The monoisotopic (exact) mass is 388 g/mol. The summed E-state index contributed by atoms with van der Waals surface area (Å²) in [5.41, 5.74) is 7.26. The molecule has 0 atom stereocenters. The van der Waals surface area contributed by atoms with Crippen molar-refractivity contribution in [2.45, 2.75) is 13.5 Å². The highest BCUT2D eigenvalue weighted by Gasteiger charge is 2.13. The SMILES string of the molecule is CCOc1ccc(NC(=O)/C(C#N)=C\c2cn(CC(N)=O)c3ccccc23)cc1. The Bertz CT molecular complexity index is 1120. The molecule has 0 saturated heterocycles. The molecule has 3 rings (SSSR count). The van der Waals surface area contributed by atoms with Crippen LogP contribution >= 0.6 is 0 Å². The zero-order chi connectivity index (χ0) is 20.8. The number of hydrogen-bond donors (Lipinski definition) is 2. The van der Waals surface area contributed by atoms with Gasteiger partial charge >= 0.3 is 0 Å². The van der Waals surface area contributed by atoms with Crippen LogP contribution < -0.4 is 15.8 Å². The highest BCUT2D eigenvalue weighted by atomic mass is 16.5. The zero-order valence-electron chi connectivity index (χ0n) is 15.9. The molecule has 0 saturated carbocycles. The Kier molecular flexibility index (Phi) is 5.95. The molecule has 0 radical (unpaired) electrons. The second kappa shape index (κ2) is 8.76. The summed E-state index contributed by atoms with van der Waals surface area (Å²) in [4.78, 5) is 23.9. The van der Waals surface area contributed by atoms with Gasteiger partial charge in [0.05, 0.1) is 6.61 Å². The van der Waals surface area contributed by atoms with E-state index in [1.165, 1.54) is 6.08 Å². The number of benzene rings is 2. The van der Waals surface area contributed by atoms with Gasteiger partial charge < -0.3 is 20.4 Å². The number of para-hydroxylation sites is 1. The van der Waals surface area contributed by atoms with E-state index in [0.717, 1.165) is 10.9 Å². The third-order valence-corrected chi connectivity index (χ3v) is 4.23. The first-order chi connectivity index (χ1) is 14.0. The minimum absolute atomic E-state index is 0.00855. The minimum atomic E-state index is -0.525. The Labute approximate surface area is 168 Å². The van der Waals surface area contributed by atoms with E-state index in [1.54, 1.807) is 35.0 Å². The van der Waals surface area contributed by atoms with Crippen LogP contribution in [0.1, 0.15) is 12.5 Å². The van der Waals surface area contributed by atoms with E-state index in [9.17, 15) is 14.9 Å².